The van der Waals surface area contributed by atoms with E-state index < -0.39 is 9.84 Å². The molecule has 4 aromatic rings. The fourth-order valence-electron chi connectivity index (χ4n) is 2.89. The lowest BCUT2D eigenvalue weighted by Gasteiger charge is -2.07. The number of oxazole rings is 1. The van der Waals surface area contributed by atoms with Crippen molar-refractivity contribution in [3.8, 4) is 11.5 Å². The quantitative estimate of drug-likeness (QED) is 0.525. The van der Waals surface area contributed by atoms with Gasteiger partial charge < -0.3 is 9.73 Å². The summed E-state index contributed by atoms with van der Waals surface area (Å²) in [6, 6.07) is 20.6. The summed E-state index contributed by atoms with van der Waals surface area (Å²) in [6.45, 7) is 1.57. The summed E-state index contributed by atoms with van der Waals surface area (Å²) in [5.74, 6) is 0.101. The summed E-state index contributed by atoms with van der Waals surface area (Å²) in [7, 11) is -3.37. The van der Waals surface area contributed by atoms with Crippen molar-refractivity contribution in [1.29, 1.82) is 0 Å². The third kappa shape index (κ3) is 3.90. The highest BCUT2D eigenvalue weighted by Gasteiger charge is 2.15. The molecule has 0 radical (unpaired) electrons. The van der Waals surface area contributed by atoms with Crippen LogP contribution in [0, 0.1) is 0 Å². The number of hydrogen-bond acceptors (Lipinski definition) is 5. The molecule has 29 heavy (non-hydrogen) atoms. The number of sulfone groups is 1. The maximum atomic E-state index is 12.5. The second-order valence-electron chi connectivity index (χ2n) is 6.45. The van der Waals surface area contributed by atoms with Crippen molar-refractivity contribution in [3.05, 3.63) is 78.4 Å². The molecular weight excluding hydrogens is 388 g/mol. The van der Waals surface area contributed by atoms with Crippen molar-refractivity contribution < 1.29 is 17.6 Å². The molecule has 0 fully saturated rings. The Hall–Kier alpha value is -3.45. The Bertz CT molecular complexity index is 1260. The number of nitrogens with zero attached hydrogens (tertiary/aromatic N) is 1. The average Bonchev–Trinajstić information content (AvgIpc) is 3.18. The van der Waals surface area contributed by atoms with Gasteiger partial charge in [0.25, 0.3) is 5.91 Å². The lowest BCUT2D eigenvalue weighted by molar-refractivity contribution is 0.102. The van der Waals surface area contributed by atoms with Gasteiger partial charge in [0.05, 0.1) is 10.6 Å². The molecule has 0 spiro atoms. The number of benzene rings is 3. The summed E-state index contributed by atoms with van der Waals surface area (Å²) < 4.78 is 29.8. The minimum absolute atomic E-state index is 0.0185. The van der Waals surface area contributed by atoms with Crippen molar-refractivity contribution >= 4 is 32.5 Å². The fraction of sp³-hybridized carbons (Fsp3) is 0.0909. The number of anilines is 1. The highest BCUT2D eigenvalue weighted by Crippen LogP contribution is 2.25. The highest BCUT2D eigenvalue weighted by atomic mass is 32.2. The minimum Gasteiger partial charge on any atom is -0.436 e. The zero-order valence-corrected chi connectivity index (χ0v) is 16.4. The van der Waals surface area contributed by atoms with E-state index in [1.165, 1.54) is 12.1 Å². The van der Waals surface area contributed by atoms with Crippen LogP contribution in [0.5, 0.6) is 0 Å². The molecule has 0 saturated heterocycles. The van der Waals surface area contributed by atoms with Crippen LogP contribution in [0.2, 0.25) is 0 Å². The molecule has 7 heteroatoms. The summed E-state index contributed by atoms with van der Waals surface area (Å²) in [5.41, 5.74) is 3.14. The van der Waals surface area contributed by atoms with Crippen molar-refractivity contribution in [3.63, 3.8) is 0 Å². The number of nitrogens with one attached hydrogen (secondary N) is 1. The van der Waals surface area contributed by atoms with Gasteiger partial charge in [-0.3, -0.25) is 4.79 Å². The monoisotopic (exact) mass is 406 g/mol. The first-order chi connectivity index (χ1) is 14.0. The molecule has 0 bridgehead atoms. The largest absolute Gasteiger partial charge is 0.436 e. The van der Waals surface area contributed by atoms with Crippen LogP contribution >= 0.6 is 0 Å². The van der Waals surface area contributed by atoms with Crippen LogP contribution in [0.1, 0.15) is 17.3 Å². The molecule has 0 aliphatic carbocycles. The first-order valence-electron chi connectivity index (χ1n) is 9.06. The average molecular weight is 406 g/mol. The van der Waals surface area contributed by atoms with Crippen LogP contribution in [0.25, 0.3) is 22.6 Å². The Morgan fingerprint density at radius 2 is 1.76 bits per heavy atom. The Balaban J connectivity index is 1.53. The van der Waals surface area contributed by atoms with Crippen LogP contribution in [0.15, 0.2) is 82.1 Å². The van der Waals surface area contributed by atoms with Crippen molar-refractivity contribution in [2.24, 2.45) is 0 Å². The van der Waals surface area contributed by atoms with Gasteiger partial charge in [0.2, 0.25) is 5.89 Å². The van der Waals surface area contributed by atoms with Gasteiger partial charge in [-0.1, -0.05) is 25.1 Å². The summed E-state index contributed by atoms with van der Waals surface area (Å²) in [5, 5.41) is 2.78. The smallest absolute Gasteiger partial charge is 0.255 e. The van der Waals surface area contributed by atoms with Gasteiger partial charge in [0.15, 0.2) is 15.4 Å². The molecule has 3 aromatic carbocycles. The van der Waals surface area contributed by atoms with Crippen molar-refractivity contribution in [1.82, 2.24) is 4.98 Å². The SMILES string of the molecule is CCS(=O)(=O)c1cccc(C(=O)Nc2ccc(-c3nc4ccccc4o3)cc2)c1. The molecule has 0 aliphatic heterocycles. The maximum Gasteiger partial charge on any atom is 0.255 e. The lowest BCUT2D eigenvalue weighted by Crippen LogP contribution is -2.13. The lowest BCUT2D eigenvalue weighted by atomic mass is 10.2. The van der Waals surface area contributed by atoms with Crippen LogP contribution in [0.3, 0.4) is 0 Å². The van der Waals surface area contributed by atoms with Gasteiger partial charge in [0, 0.05) is 16.8 Å². The predicted molar refractivity (Wildman–Crippen MR) is 112 cm³/mol. The van der Waals surface area contributed by atoms with E-state index in [2.05, 4.69) is 10.3 Å². The van der Waals surface area contributed by atoms with Crippen LogP contribution in [0.4, 0.5) is 5.69 Å². The number of rotatable bonds is 5. The van der Waals surface area contributed by atoms with Gasteiger partial charge in [-0.05, 0) is 54.6 Å². The van der Waals surface area contributed by atoms with E-state index in [0.717, 1.165) is 11.1 Å². The molecule has 1 amide bonds. The Labute approximate surface area is 168 Å². The van der Waals surface area contributed by atoms with E-state index in [4.69, 9.17) is 4.42 Å². The Morgan fingerprint density at radius 3 is 2.48 bits per heavy atom. The summed E-state index contributed by atoms with van der Waals surface area (Å²) in [4.78, 5) is 17.1. The van der Waals surface area contributed by atoms with Gasteiger partial charge in [-0.2, -0.15) is 0 Å². The van der Waals surface area contributed by atoms with Crippen LogP contribution < -0.4 is 5.32 Å². The van der Waals surface area contributed by atoms with E-state index in [1.807, 2.05) is 24.3 Å². The molecule has 0 atom stereocenters. The van der Waals surface area contributed by atoms with E-state index in [1.54, 1.807) is 43.3 Å². The molecule has 1 aromatic heterocycles. The fourth-order valence-corrected chi connectivity index (χ4v) is 3.82. The first kappa shape index (κ1) is 18.9. The molecule has 0 unspecified atom stereocenters. The third-order valence-electron chi connectivity index (χ3n) is 4.52. The molecule has 6 nitrogen and oxygen atoms in total. The summed E-state index contributed by atoms with van der Waals surface area (Å²) in [6.07, 6.45) is 0. The molecule has 146 valence electrons. The molecule has 1 N–H and O–H groups in total. The number of carbonyl (C=O) groups excluding carboxylic acids is 1. The van der Waals surface area contributed by atoms with Gasteiger partial charge in [-0.15, -0.1) is 0 Å². The summed E-state index contributed by atoms with van der Waals surface area (Å²) >= 11 is 0. The third-order valence-corrected chi connectivity index (χ3v) is 6.25. The van der Waals surface area contributed by atoms with E-state index >= 15 is 0 Å². The second kappa shape index (κ2) is 7.52. The number of amides is 1. The number of hydrogen-bond donors (Lipinski definition) is 1. The topological polar surface area (TPSA) is 89.3 Å². The predicted octanol–water partition coefficient (Wildman–Crippen LogP) is 4.54. The Morgan fingerprint density at radius 1 is 1.00 bits per heavy atom. The van der Waals surface area contributed by atoms with Gasteiger partial charge >= 0.3 is 0 Å². The second-order valence-corrected chi connectivity index (χ2v) is 8.73. The first-order valence-corrected chi connectivity index (χ1v) is 10.7. The number of para-hydroxylation sites is 2. The molecule has 1 heterocycles. The maximum absolute atomic E-state index is 12.5. The number of fused-ring (bicyclic) bond motifs is 1. The standard InChI is InChI=1S/C22H18N2O4S/c1-2-29(26,27)18-7-5-6-16(14-18)21(25)23-17-12-10-15(11-13-17)22-24-19-8-3-4-9-20(19)28-22/h3-14H,2H2,1H3,(H,23,25). The van der Waals surface area contributed by atoms with Crippen LogP contribution in [-0.2, 0) is 9.84 Å². The molecule has 0 aliphatic rings. The molecule has 4 rings (SSSR count). The Kier molecular flexibility index (Phi) is 4.90. The zero-order valence-electron chi connectivity index (χ0n) is 15.6. The van der Waals surface area contributed by atoms with E-state index in [-0.39, 0.29) is 22.1 Å². The van der Waals surface area contributed by atoms with E-state index in [0.29, 0.717) is 17.2 Å². The highest BCUT2D eigenvalue weighted by molar-refractivity contribution is 7.91. The van der Waals surface area contributed by atoms with Crippen molar-refractivity contribution in [2.75, 3.05) is 11.1 Å². The molecular formula is C22H18N2O4S. The molecule has 0 saturated carbocycles. The normalized spacial score (nSPS) is 11.5. The minimum atomic E-state index is -3.37. The van der Waals surface area contributed by atoms with Gasteiger partial charge in [-0.25, -0.2) is 13.4 Å². The zero-order chi connectivity index (χ0) is 20.4. The van der Waals surface area contributed by atoms with E-state index in [9.17, 15) is 13.2 Å². The van der Waals surface area contributed by atoms with Crippen LogP contribution in [-0.4, -0.2) is 25.1 Å². The number of aromatic nitrogens is 1. The number of carbonyl (C=O) groups is 1. The van der Waals surface area contributed by atoms with Crippen molar-refractivity contribution in [2.45, 2.75) is 11.8 Å². The van der Waals surface area contributed by atoms with Gasteiger partial charge in [0.1, 0.15) is 5.52 Å².